The zero-order valence-corrected chi connectivity index (χ0v) is 14.6. The number of nitrogens with one attached hydrogen (secondary N) is 1. The van der Waals surface area contributed by atoms with Crippen molar-refractivity contribution in [2.45, 2.75) is 12.5 Å². The Kier molecular flexibility index (Phi) is 5.47. The number of primary amides is 1. The highest BCUT2D eigenvalue weighted by molar-refractivity contribution is 6.05. The van der Waals surface area contributed by atoms with Gasteiger partial charge in [-0.05, 0) is 28.3 Å². The van der Waals surface area contributed by atoms with E-state index < -0.39 is 17.7 Å². The first-order chi connectivity index (χ1) is 13.0. The zero-order chi connectivity index (χ0) is 19.2. The van der Waals surface area contributed by atoms with E-state index in [2.05, 4.69) is 10.3 Å². The number of carbonyl (C=O) groups excluding carboxylic acids is 2. The Morgan fingerprint density at radius 1 is 0.926 bits per heavy atom. The second kappa shape index (κ2) is 8.14. The van der Waals surface area contributed by atoms with Crippen LogP contribution < -0.4 is 16.8 Å². The van der Waals surface area contributed by atoms with Gasteiger partial charge in [-0.3, -0.25) is 9.59 Å². The Bertz CT molecular complexity index is 923. The average molecular weight is 360 g/mol. The van der Waals surface area contributed by atoms with E-state index in [0.29, 0.717) is 11.4 Å². The summed E-state index contributed by atoms with van der Waals surface area (Å²) in [6.07, 6.45) is 1.57. The van der Waals surface area contributed by atoms with Crippen LogP contribution in [0.5, 0.6) is 0 Å². The molecular formula is C21H20N4O2. The van der Waals surface area contributed by atoms with Crippen molar-refractivity contribution in [3.63, 3.8) is 0 Å². The van der Waals surface area contributed by atoms with Gasteiger partial charge < -0.3 is 16.8 Å². The third kappa shape index (κ3) is 4.49. The van der Waals surface area contributed by atoms with E-state index in [1.54, 1.807) is 30.5 Å². The second-order valence-corrected chi connectivity index (χ2v) is 6.13. The highest BCUT2D eigenvalue weighted by Gasteiger charge is 2.26. The lowest BCUT2D eigenvalue weighted by Crippen LogP contribution is -2.36. The zero-order valence-electron chi connectivity index (χ0n) is 14.6. The Balaban J connectivity index is 1.73. The van der Waals surface area contributed by atoms with Crippen molar-refractivity contribution in [3.05, 3.63) is 84.1 Å². The Morgan fingerprint density at radius 3 is 2.19 bits per heavy atom. The van der Waals surface area contributed by atoms with Gasteiger partial charge in [0.2, 0.25) is 11.8 Å². The molecule has 0 unspecified atom stereocenters. The van der Waals surface area contributed by atoms with Crippen molar-refractivity contribution in [1.82, 2.24) is 10.3 Å². The van der Waals surface area contributed by atoms with Crippen LogP contribution in [0.4, 0.5) is 5.82 Å². The number of pyridine rings is 1. The first kappa shape index (κ1) is 18.1. The quantitative estimate of drug-likeness (QED) is 0.585. The van der Waals surface area contributed by atoms with Crippen molar-refractivity contribution in [2.24, 2.45) is 5.73 Å². The molecule has 0 fully saturated rings. The molecule has 1 atom stereocenters. The van der Waals surface area contributed by atoms with E-state index in [-0.39, 0.29) is 6.54 Å². The fourth-order valence-corrected chi connectivity index (χ4v) is 2.78. The number of aromatic nitrogens is 1. The number of nitrogens with two attached hydrogens (primary N) is 2. The van der Waals surface area contributed by atoms with Gasteiger partial charge in [-0.15, -0.1) is 0 Å². The maximum atomic E-state index is 12.5. The molecule has 3 rings (SSSR count). The van der Waals surface area contributed by atoms with E-state index >= 15 is 0 Å². The van der Waals surface area contributed by atoms with Crippen LogP contribution in [-0.2, 0) is 16.1 Å². The van der Waals surface area contributed by atoms with Gasteiger partial charge >= 0.3 is 0 Å². The topological polar surface area (TPSA) is 111 Å². The average Bonchev–Trinajstić information content (AvgIpc) is 2.69. The number of amides is 2. The molecule has 0 spiro atoms. The van der Waals surface area contributed by atoms with Crippen molar-refractivity contribution in [3.8, 4) is 11.1 Å². The largest absolute Gasteiger partial charge is 0.384 e. The third-order valence-electron chi connectivity index (χ3n) is 4.21. The molecule has 2 amide bonds. The number of benzene rings is 2. The van der Waals surface area contributed by atoms with Crippen molar-refractivity contribution in [1.29, 1.82) is 0 Å². The highest BCUT2D eigenvalue weighted by Crippen LogP contribution is 2.23. The Hall–Kier alpha value is -3.67. The minimum Gasteiger partial charge on any atom is -0.384 e. The SMILES string of the molecule is NC(=O)[C@@H](C(=O)NCc1ccc(N)nc1)c1ccc(-c2ccccc2)cc1. The molecule has 5 N–H and O–H groups in total. The van der Waals surface area contributed by atoms with Gasteiger partial charge in [0.1, 0.15) is 11.7 Å². The predicted octanol–water partition coefficient (Wildman–Crippen LogP) is 2.22. The normalized spacial score (nSPS) is 11.6. The van der Waals surface area contributed by atoms with Crippen molar-refractivity contribution >= 4 is 17.6 Å². The summed E-state index contributed by atoms with van der Waals surface area (Å²) >= 11 is 0. The molecule has 2 aromatic carbocycles. The second-order valence-electron chi connectivity index (χ2n) is 6.13. The smallest absolute Gasteiger partial charge is 0.237 e. The van der Waals surface area contributed by atoms with E-state index in [1.807, 2.05) is 42.5 Å². The van der Waals surface area contributed by atoms with E-state index in [9.17, 15) is 9.59 Å². The predicted molar refractivity (Wildman–Crippen MR) is 104 cm³/mol. The summed E-state index contributed by atoms with van der Waals surface area (Å²) in [4.78, 5) is 28.4. The standard InChI is InChI=1S/C21H20N4O2/c22-18-11-6-14(12-24-18)13-25-21(27)19(20(23)26)17-9-7-16(8-10-17)15-4-2-1-3-5-15/h1-12,19H,13H2,(H2,22,24)(H2,23,26)(H,25,27)/t19-/m0/s1. The monoisotopic (exact) mass is 360 g/mol. The molecular weight excluding hydrogens is 340 g/mol. The number of nitrogen functional groups attached to an aromatic ring is 1. The van der Waals surface area contributed by atoms with E-state index in [4.69, 9.17) is 11.5 Å². The number of hydrogen-bond donors (Lipinski definition) is 3. The molecule has 27 heavy (non-hydrogen) atoms. The molecule has 0 bridgehead atoms. The minimum atomic E-state index is -1.06. The molecule has 6 nitrogen and oxygen atoms in total. The van der Waals surface area contributed by atoms with E-state index in [0.717, 1.165) is 16.7 Å². The first-order valence-electron chi connectivity index (χ1n) is 8.47. The summed E-state index contributed by atoms with van der Waals surface area (Å²) in [5, 5.41) is 2.72. The number of hydrogen-bond acceptors (Lipinski definition) is 4. The maximum absolute atomic E-state index is 12.5. The Morgan fingerprint density at radius 2 is 1.59 bits per heavy atom. The Labute approximate surface area is 157 Å². The fourth-order valence-electron chi connectivity index (χ4n) is 2.78. The van der Waals surface area contributed by atoms with Gasteiger partial charge in [0.15, 0.2) is 0 Å². The molecule has 1 aromatic heterocycles. The molecule has 136 valence electrons. The minimum absolute atomic E-state index is 0.234. The number of nitrogens with zero attached hydrogens (tertiary/aromatic N) is 1. The van der Waals surface area contributed by atoms with Crippen molar-refractivity contribution < 1.29 is 9.59 Å². The van der Waals surface area contributed by atoms with Gasteiger partial charge in [0.25, 0.3) is 0 Å². The van der Waals surface area contributed by atoms with Gasteiger partial charge in [-0.25, -0.2) is 4.98 Å². The molecule has 0 saturated heterocycles. The van der Waals surface area contributed by atoms with Gasteiger partial charge in [-0.2, -0.15) is 0 Å². The number of anilines is 1. The van der Waals surface area contributed by atoms with Gasteiger partial charge in [0.05, 0.1) is 0 Å². The molecule has 3 aromatic rings. The van der Waals surface area contributed by atoms with Crippen LogP contribution in [0.3, 0.4) is 0 Å². The van der Waals surface area contributed by atoms with Crippen LogP contribution in [0.15, 0.2) is 72.9 Å². The van der Waals surface area contributed by atoms with Crippen LogP contribution in [0, 0.1) is 0 Å². The molecule has 0 radical (unpaired) electrons. The summed E-state index contributed by atoms with van der Waals surface area (Å²) in [5.41, 5.74) is 14.4. The molecule has 0 aliphatic carbocycles. The van der Waals surface area contributed by atoms with Crippen molar-refractivity contribution in [2.75, 3.05) is 5.73 Å². The van der Waals surface area contributed by atoms with Crippen LogP contribution in [-0.4, -0.2) is 16.8 Å². The number of carbonyl (C=O) groups is 2. The lowest BCUT2D eigenvalue weighted by molar-refractivity contribution is -0.130. The summed E-state index contributed by atoms with van der Waals surface area (Å²) in [6.45, 7) is 0.234. The fraction of sp³-hybridized carbons (Fsp3) is 0.0952. The van der Waals surface area contributed by atoms with E-state index in [1.165, 1.54) is 0 Å². The molecule has 6 heteroatoms. The van der Waals surface area contributed by atoms with Crippen LogP contribution >= 0.6 is 0 Å². The lowest BCUT2D eigenvalue weighted by atomic mass is 9.95. The van der Waals surface area contributed by atoms with Crippen LogP contribution in [0.25, 0.3) is 11.1 Å². The molecule has 0 aliphatic rings. The summed E-state index contributed by atoms with van der Waals surface area (Å²) in [5.74, 6) is -1.81. The molecule has 1 heterocycles. The summed E-state index contributed by atoms with van der Waals surface area (Å²) < 4.78 is 0. The maximum Gasteiger partial charge on any atom is 0.237 e. The van der Waals surface area contributed by atoms with Crippen LogP contribution in [0.2, 0.25) is 0 Å². The molecule has 0 aliphatic heterocycles. The number of rotatable bonds is 6. The van der Waals surface area contributed by atoms with Gasteiger partial charge in [-0.1, -0.05) is 60.7 Å². The summed E-state index contributed by atoms with van der Waals surface area (Å²) in [7, 11) is 0. The summed E-state index contributed by atoms with van der Waals surface area (Å²) in [6, 6.07) is 20.5. The lowest BCUT2D eigenvalue weighted by Gasteiger charge is -2.15. The first-order valence-corrected chi connectivity index (χ1v) is 8.47. The van der Waals surface area contributed by atoms with Crippen LogP contribution in [0.1, 0.15) is 17.0 Å². The third-order valence-corrected chi connectivity index (χ3v) is 4.21. The van der Waals surface area contributed by atoms with Gasteiger partial charge in [0, 0.05) is 12.7 Å². The highest BCUT2D eigenvalue weighted by atomic mass is 16.2. The molecule has 0 saturated carbocycles.